The Kier molecular flexibility index (Phi) is 7.79. The number of anilines is 1. The molecule has 0 bridgehead atoms. The Morgan fingerprint density at radius 3 is 2.77 bits per heavy atom. The van der Waals surface area contributed by atoms with Gasteiger partial charge in [-0.25, -0.2) is 0 Å². The first-order valence-corrected chi connectivity index (χ1v) is 10.8. The van der Waals surface area contributed by atoms with Gasteiger partial charge in [0.2, 0.25) is 5.91 Å². The number of aromatic nitrogens is 3. The molecule has 3 aromatic rings. The molecule has 3 rings (SSSR count). The molecule has 2 aromatic carbocycles. The van der Waals surface area contributed by atoms with Crippen LogP contribution in [0.3, 0.4) is 0 Å². The number of carbonyl (C=O) groups is 1. The van der Waals surface area contributed by atoms with Crippen LogP contribution < -0.4 is 10.1 Å². The van der Waals surface area contributed by atoms with E-state index in [0.717, 1.165) is 4.47 Å². The predicted molar refractivity (Wildman–Crippen MR) is 121 cm³/mol. The number of nitrogens with one attached hydrogen (secondary N) is 1. The number of non-ortho nitro benzene ring substituents is 1. The number of carbonyl (C=O) groups excluding carboxylic acids is 1. The fraction of sp³-hybridized carbons (Fsp3) is 0.150. The summed E-state index contributed by atoms with van der Waals surface area (Å²) in [7, 11) is 0. The minimum absolute atomic E-state index is 0.0610. The van der Waals surface area contributed by atoms with Gasteiger partial charge in [-0.2, -0.15) is 0 Å². The number of nitro benzene ring substituents is 1. The van der Waals surface area contributed by atoms with Crippen LogP contribution in [0, 0.1) is 10.1 Å². The van der Waals surface area contributed by atoms with E-state index in [1.807, 2.05) is 28.8 Å². The Morgan fingerprint density at radius 2 is 2.06 bits per heavy atom. The number of nitro groups is 1. The molecule has 0 saturated carbocycles. The highest BCUT2D eigenvalue weighted by molar-refractivity contribution is 9.10. The summed E-state index contributed by atoms with van der Waals surface area (Å²) in [6.45, 7) is 4.42. The molecule has 0 aliphatic heterocycles. The zero-order valence-corrected chi connectivity index (χ0v) is 18.6. The highest BCUT2D eigenvalue weighted by atomic mass is 79.9. The predicted octanol–water partition coefficient (Wildman–Crippen LogP) is 4.44. The van der Waals surface area contributed by atoms with E-state index in [1.54, 1.807) is 12.1 Å². The monoisotopic (exact) mass is 503 g/mol. The quantitative estimate of drug-likeness (QED) is 0.188. The van der Waals surface area contributed by atoms with Gasteiger partial charge < -0.3 is 10.1 Å². The summed E-state index contributed by atoms with van der Waals surface area (Å²) in [5.74, 6) is 1.04. The molecule has 0 radical (unpaired) electrons. The van der Waals surface area contributed by atoms with Crippen molar-refractivity contribution in [3.63, 3.8) is 0 Å². The van der Waals surface area contributed by atoms with E-state index >= 15 is 0 Å². The van der Waals surface area contributed by atoms with Crippen molar-refractivity contribution in [3.8, 4) is 5.75 Å². The number of nitrogens with zero attached hydrogens (tertiary/aromatic N) is 4. The van der Waals surface area contributed by atoms with Gasteiger partial charge in [-0.15, -0.1) is 16.8 Å². The zero-order chi connectivity index (χ0) is 22.2. The average Bonchev–Trinajstić information content (AvgIpc) is 3.14. The molecule has 31 heavy (non-hydrogen) atoms. The Morgan fingerprint density at radius 1 is 1.29 bits per heavy atom. The molecule has 0 unspecified atom stereocenters. The molecule has 0 fully saturated rings. The Balaban J connectivity index is 1.61. The van der Waals surface area contributed by atoms with Gasteiger partial charge in [-0.3, -0.25) is 19.5 Å². The van der Waals surface area contributed by atoms with Crippen molar-refractivity contribution in [1.82, 2.24) is 14.8 Å². The van der Waals surface area contributed by atoms with Crippen molar-refractivity contribution in [2.75, 3.05) is 11.1 Å². The minimum Gasteiger partial charge on any atom is -0.486 e. The lowest BCUT2D eigenvalue weighted by Crippen LogP contribution is -2.15. The molecule has 1 amide bonds. The maximum atomic E-state index is 12.3. The maximum absolute atomic E-state index is 12.3. The normalized spacial score (nSPS) is 10.5. The molecule has 160 valence electrons. The van der Waals surface area contributed by atoms with Crippen LogP contribution in [0.2, 0.25) is 0 Å². The first-order valence-electron chi connectivity index (χ1n) is 9.04. The summed E-state index contributed by atoms with van der Waals surface area (Å²) >= 11 is 4.58. The molecule has 0 aliphatic rings. The van der Waals surface area contributed by atoms with Gasteiger partial charge in [-0.1, -0.05) is 39.8 Å². The van der Waals surface area contributed by atoms with Crippen molar-refractivity contribution >= 4 is 45.0 Å². The lowest BCUT2D eigenvalue weighted by Gasteiger charge is -2.09. The van der Waals surface area contributed by atoms with E-state index in [9.17, 15) is 14.9 Å². The third-order valence-electron chi connectivity index (χ3n) is 3.96. The lowest BCUT2D eigenvalue weighted by atomic mass is 10.3. The van der Waals surface area contributed by atoms with Gasteiger partial charge >= 0.3 is 0 Å². The van der Waals surface area contributed by atoms with E-state index < -0.39 is 4.92 Å². The van der Waals surface area contributed by atoms with Crippen LogP contribution in [0.1, 0.15) is 5.82 Å². The molecule has 1 N–H and O–H groups in total. The fourth-order valence-electron chi connectivity index (χ4n) is 2.55. The number of benzene rings is 2. The van der Waals surface area contributed by atoms with Gasteiger partial charge in [-0.05, 0) is 30.3 Å². The molecule has 11 heteroatoms. The second kappa shape index (κ2) is 10.7. The van der Waals surface area contributed by atoms with Crippen LogP contribution >= 0.6 is 27.7 Å². The summed E-state index contributed by atoms with van der Waals surface area (Å²) in [6.07, 6.45) is 1.71. The van der Waals surface area contributed by atoms with Gasteiger partial charge in [0.25, 0.3) is 5.69 Å². The van der Waals surface area contributed by atoms with E-state index in [-0.39, 0.29) is 24.0 Å². The van der Waals surface area contributed by atoms with E-state index in [0.29, 0.717) is 29.0 Å². The molecule has 0 atom stereocenters. The first kappa shape index (κ1) is 22.5. The van der Waals surface area contributed by atoms with Crippen LogP contribution in [0.5, 0.6) is 5.75 Å². The second-order valence-electron chi connectivity index (χ2n) is 6.18. The lowest BCUT2D eigenvalue weighted by molar-refractivity contribution is -0.384. The highest BCUT2D eigenvalue weighted by Gasteiger charge is 2.15. The zero-order valence-electron chi connectivity index (χ0n) is 16.2. The summed E-state index contributed by atoms with van der Waals surface area (Å²) in [6, 6.07) is 13.2. The van der Waals surface area contributed by atoms with Crippen molar-refractivity contribution in [2.45, 2.75) is 18.3 Å². The van der Waals surface area contributed by atoms with Gasteiger partial charge in [0, 0.05) is 28.8 Å². The Hall–Kier alpha value is -3.18. The molecule has 0 spiro atoms. The van der Waals surface area contributed by atoms with E-state index in [4.69, 9.17) is 4.74 Å². The molecular weight excluding hydrogens is 486 g/mol. The summed E-state index contributed by atoms with van der Waals surface area (Å²) in [5.41, 5.74) is 0.266. The highest BCUT2D eigenvalue weighted by Crippen LogP contribution is 2.21. The summed E-state index contributed by atoms with van der Waals surface area (Å²) in [4.78, 5) is 22.6. The van der Waals surface area contributed by atoms with Crippen molar-refractivity contribution in [3.05, 3.63) is 81.6 Å². The summed E-state index contributed by atoms with van der Waals surface area (Å²) < 4.78 is 8.53. The number of allylic oxidation sites excluding steroid dienone is 1. The number of thioether (sulfide) groups is 1. The topological polar surface area (TPSA) is 112 Å². The maximum Gasteiger partial charge on any atom is 0.271 e. The molecule has 9 nitrogen and oxygen atoms in total. The van der Waals surface area contributed by atoms with Crippen LogP contribution in [-0.4, -0.2) is 31.3 Å². The molecule has 1 aromatic heterocycles. The molecule has 0 aliphatic carbocycles. The van der Waals surface area contributed by atoms with Gasteiger partial charge in [0.15, 0.2) is 11.0 Å². The molecule has 1 heterocycles. The van der Waals surface area contributed by atoms with Crippen LogP contribution in [0.25, 0.3) is 0 Å². The molecule has 0 saturated heterocycles. The average molecular weight is 504 g/mol. The smallest absolute Gasteiger partial charge is 0.271 e. The van der Waals surface area contributed by atoms with Gasteiger partial charge in [0.05, 0.1) is 10.7 Å². The number of ether oxygens (including phenoxy) is 1. The van der Waals surface area contributed by atoms with Crippen molar-refractivity contribution < 1.29 is 14.5 Å². The fourth-order valence-corrected chi connectivity index (χ4v) is 3.58. The number of halogens is 1. The number of amides is 1. The van der Waals surface area contributed by atoms with Crippen LogP contribution in [0.4, 0.5) is 11.4 Å². The van der Waals surface area contributed by atoms with Crippen LogP contribution in [0.15, 0.2) is 70.8 Å². The Labute approximate surface area is 190 Å². The van der Waals surface area contributed by atoms with Gasteiger partial charge in [0.1, 0.15) is 12.4 Å². The van der Waals surface area contributed by atoms with Crippen molar-refractivity contribution in [2.24, 2.45) is 0 Å². The number of hydrogen-bond acceptors (Lipinski definition) is 7. The largest absolute Gasteiger partial charge is 0.486 e. The second-order valence-corrected chi connectivity index (χ2v) is 8.04. The standard InChI is InChI=1S/C20H18BrN5O4S/c1-2-10-25-18(12-30-17-8-6-14(21)7-9-17)23-24-20(25)31-13-19(27)22-15-4-3-5-16(11-15)26(28)29/h2-9,11H,1,10,12-13H2,(H,22,27). The number of rotatable bonds is 10. The summed E-state index contributed by atoms with van der Waals surface area (Å²) in [5, 5.41) is 22.4. The SMILES string of the molecule is C=CCn1c(COc2ccc(Br)cc2)nnc1SCC(=O)Nc1cccc([N+](=O)[O-])c1. The minimum atomic E-state index is -0.514. The van der Waals surface area contributed by atoms with E-state index in [2.05, 4.69) is 38.0 Å². The number of hydrogen-bond donors (Lipinski definition) is 1. The van der Waals surface area contributed by atoms with Crippen LogP contribution in [-0.2, 0) is 17.9 Å². The van der Waals surface area contributed by atoms with E-state index in [1.165, 1.54) is 30.0 Å². The first-order chi connectivity index (χ1) is 15.0. The Bertz CT molecular complexity index is 1090. The molecular formula is C20H18BrN5O4S. The third kappa shape index (κ3) is 6.40. The third-order valence-corrected chi connectivity index (χ3v) is 5.46. The van der Waals surface area contributed by atoms with Crippen molar-refractivity contribution in [1.29, 1.82) is 0 Å².